The minimum Gasteiger partial charge on any atom is -0.484 e. The third-order valence-electron chi connectivity index (χ3n) is 3.14. The normalized spacial score (nSPS) is 18.1. The molecule has 0 spiro atoms. The van der Waals surface area contributed by atoms with E-state index >= 15 is 0 Å². The molecule has 6 nitrogen and oxygen atoms in total. The first kappa shape index (κ1) is 15.0. The lowest BCUT2D eigenvalue weighted by Gasteiger charge is -2.21. The minimum atomic E-state index is -0.668. The molecule has 1 heterocycles. The van der Waals surface area contributed by atoms with E-state index in [0.717, 1.165) is 11.1 Å². The summed E-state index contributed by atoms with van der Waals surface area (Å²) in [6.45, 7) is 3.73. The maximum Gasteiger partial charge on any atom is 0.258 e. The zero-order chi connectivity index (χ0) is 15.4. The molecular weight excluding hydrogens is 272 g/mol. The number of aryl methyl sites for hydroxylation is 2. The average molecular weight is 290 g/mol. The molecule has 1 aromatic carbocycles. The Kier molecular flexibility index (Phi) is 4.57. The molecular formula is C15H18N2O4. The highest BCUT2D eigenvalue weighted by Crippen LogP contribution is 2.16. The van der Waals surface area contributed by atoms with E-state index in [1.54, 1.807) is 0 Å². The minimum absolute atomic E-state index is 0.166. The van der Waals surface area contributed by atoms with E-state index in [0.29, 0.717) is 12.2 Å². The lowest BCUT2D eigenvalue weighted by molar-refractivity contribution is -0.137. The number of imide groups is 1. The molecule has 21 heavy (non-hydrogen) atoms. The van der Waals surface area contributed by atoms with Crippen LogP contribution in [0, 0.1) is 13.8 Å². The molecule has 0 bridgehead atoms. The van der Waals surface area contributed by atoms with Gasteiger partial charge in [0.15, 0.2) is 6.61 Å². The van der Waals surface area contributed by atoms with Crippen molar-refractivity contribution in [1.29, 1.82) is 0 Å². The fourth-order valence-corrected chi connectivity index (χ4v) is 2.23. The quantitative estimate of drug-likeness (QED) is 0.795. The summed E-state index contributed by atoms with van der Waals surface area (Å²) >= 11 is 0. The first-order valence-electron chi connectivity index (χ1n) is 6.78. The number of benzene rings is 1. The van der Waals surface area contributed by atoms with Crippen LogP contribution in [0.4, 0.5) is 0 Å². The number of carbonyl (C=O) groups excluding carboxylic acids is 3. The van der Waals surface area contributed by atoms with Gasteiger partial charge < -0.3 is 10.1 Å². The van der Waals surface area contributed by atoms with Gasteiger partial charge in [0.25, 0.3) is 5.91 Å². The predicted molar refractivity (Wildman–Crippen MR) is 75.7 cm³/mol. The molecule has 1 atom stereocenters. The van der Waals surface area contributed by atoms with E-state index < -0.39 is 11.9 Å². The van der Waals surface area contributed by atoms with Crippen LogP contribution in [0.15, 0.2) is 18.2 Å². The Hall–Kier alpha value is -2.37. The van der Waals surface area contributed by atoms with Crippen molar-refractivity contribution in [2.45, 2.75) is 32.7 Å². The number of hydrogen-bond donors (Lipinski definition) is 2. The maximum absolute atomic E-state index is 11.8. The first-order valence-corrected chi connectivity index (χ1v) is 6.78. The summed E-state index contributed by atoms with van der Waals surface area (Å²) in [5.41, 5.74) is 2.10. The number of nitrogens with one attached hydrogen (secondary N) is 2. The fraction of sp³-hybridized carbons (Fsp3) is 0.400. The molecule has 1 aliphatic rings. The Balaban J connectivity index is 1.84. The Morgan fingerprint density at radius 1 is 1.29 bits per heavy atom. The number of ether oxygens (including phenoxy) is 1. The molecule has 1 aliphatic heterocycles. The number of rotatable bonds is 4. The van der Waals surface area contributed by atoms with Crippen LogP contribution in [-0.2, 0) is 14.4 Å². The van der Waals surface area contributed by atoms with Gasteiger partial charge >= 0.3 is 0 Å². The molecule has 0 aliphatic carbocycles. The molecule has 1 fully saturated rings. The molecule has 2 rings (SSSR count). The molecule has 1 aromatic rings. The van der Waals surface area contributed by atoms with Gasteiger partial charge in [-0.3, -0.25) is 19.7 Å². The van der Waals surface area contributed by atoms with Gasteiger partial charge in [-0.15, -0.1) is 0 Å². The van der Waals surface area contributed by atoms with E-state index in [9.17, 15) is 14.4 Å². The van der Waals surface area contributed by atoms with E-state index in [4.69, 9.17) is 4.74 Å². The Bertz CT molecular complexity index is 563. The van der Waals surface area contributed by atoms with Crippen molar-refractivity contribution < 1.29 is 19.1 Å². The number of piperidine rings is 1. The second-order valence-corrected chi connectivity index (χ2v) is 5.18. The van der Waals surface area contributed by atoms with E-state index in [-0.39, 0.29) is 24.8 Å². The smallest absolute Gasteiger partial charge is 0.258 e. The van der Waals surface area contributed by atoms with Gasteiger partial charge in [-0.05, 0) is 43.5 Å². The van der Waals surface area contributed by atoms with Gasteiger partial charge in [-0.1, -0.05) is 6.07 Å². The molecule has 3 amide bonds. The summed E-state index contributed by atoms with van der Waals surface area (Å²) in [6.07, 6.45) is 0.550. The highest BCUT2D eigenvalue weighted by atomic mass is 16.5. The fourth-order valence-electron chi connectivity index (χ4n) is 2.23. The molecule has 112 valence electrons. The van der Waals surface area contributed by atoms with E-state index in [2.05, 4.69) is 10.6 Å². The molecule has 1 unspecified atom stereocenters. The first-order chi connectivity index (χ1) is 9.94. The van der Waals surface area contributed by atoms with Gasteiger partial charge in [0.05, 0.1) is 0 Å². The third-order valence-corrected chi connectivity index (χ3v) is 3.14. The van der Waals surface area contributed by atoms with Crippen LogP contribution in [0.3, 0.4) is 0 Å². The van der Waals surface area contributed by atoms with Crippen LogP contribution in [0.5, 0.6) is 5.75 Å². The van der Waals surface area contributed by atoms with Crippen LogP contribution >= 0.6 is 0 Å². The summed E-state index contributed by atoms with van der Waals surface area (Å²) in [4.78, 5) is 34.3. The second-order valence-electron chi connectivity index (χ2n) is 5.18. The van der Waals surface area contributed by atoms with Crippen molar-refractivity contribution in [3.8, 4) is 5.75 Å². The number of carbonyl (C=O) groups is 3. The molecule has 6 heteroatoms. The van der Waals surface area contributed by atoms with Crippen molar-refractivity contribution in [2.75, 3.05) is 6.61 Å². The highest BCUT2D eigenvalue weighted by Gasteiger charge is 2.27. The summed E-state index contributed by atoms with van der Waals surface area (Å²) in [5.74, 6) is -0.544. The van der Waals surface area contributed by atoms with Crippen LogP contribution in [-0.4, -0.2) is 30.4 Å². The number of amides is 3. The van der Waals surface area contributed by atoms with Crippen molar-refractivity contribution >= 4 is 17.7 Å². The van der Waals surface area contributed by atoms with Gasteiger partial charge in [0.1, 0.15) is 11.8 Å². The van der Waals surface area contributed by atoms with Crippen LogP contribution in [0.2, 0.25) is 0 Å². The highest BCUT2D eigenvalue weighted by molar-refractivity contribution is 6.01. The summed E-state index contributed by atoms with van der Waals surface area (Å²) in [5, 5.41) is 4.75. The zero-order valence-electron chi connectivity index (χ0n) is 12.1. The molecule has 0 radical (unpaired) electrons. The average Bonchev–Trinajstić information content (AvgIpc) is 2.39. The van der Waals surface area contributed by atoms with Crippen molar-refractivity contribution in [1.82, 2.24) is 10.6 Å². The summed E-state index contributed by atoms with van der Waals surface area (Å²) in [6, 6.07) is 5.02. The van der Waals surface area contributed by atoms with Crippen LogP contribution < -0.4 is 15.4 Å². The largest absolute Gasteiger partial charge is 0.484 e. The van der Waals surface area contributed by atoms with Gasteiger partial charge in [0.2, 0.25) is 11.8 Å². The lowest BCUT2D eigenvalue weighted by atomic mass is 10.1. The van der Waals surface area contributed by atoms with Gasteiger partial charge in [-0.2, -0.15) is 0 Å². The topological polar surface area (TPSA) is 84.5 Å². The Labute approximate surface area is 122 Å². The van der Waals surface area contributed by atoms with Gasteiger partial charge in [0, 0.05) is 6.42 Å². The molecule has 2 N–H and O–H groups in total. The Morgan fingerprint density at radius 3 is 2.57 bits per heavy atom. The summed E-state index contributed by atoms with van der Waals surface area (Å²) < 4.78 is 5.42. The van der Waals surface area contributed by atoms with Crippen LogP contribution in [0.1, 0.15) is 24.0 Å². The maximum atomic E-state index is 11.8. The zero-order valence-corrected chi connectivity index (χ0v) is 12.1. The lowest BCUT2D eigenvalue weighted by Crippen LogP contribution is -2.53. The van der Waals surface area contributed by atoms with Gasteiger partial charge in [-0.25, -0.2) is 0 Å². The SMILES string of the molecule is Cc1cc(C)cc(OCC(=O)NC2CCC(=O)NC2=O)c1. The molecule has 0 aromatic heterocycles. The molecule has 0 saturated carbocycles. The van der Waals surface area contributed by atoms with E-state index in [1.807, 2.05) is 32.0 Å². The number of hydrogen-bond acceptors (Lipinski definition) is 4. The van der Waals surface area contributed by atoms with Crippen molar-refractivity contribution in [3.05, 3.63) is 29.3 Å². The summed E-state index contributed by atoms with van der Waals surface area (Å²) in [7, 11) is 0. The standard InChI is InChI=1S/C15H18N2O4/c1-9-5-10(2)7-11(6-9)21-8-14(19)16-12-3-4-13(18)17-15(12)20/h5-7,12H,3-4,8H2,1-2H3,(H,16,19)(H,17,18,20). The van der Waals surface area contributed by atoms with E-state index in [1.165, 1.54) is 0 Å². The van der Waals surface area contributed by atoms with Crippen molar-refractivity contribution in [2.24, 2.45) is 0 Å². The second kappa shape index (κ2) is 6.39. The van der Waals surface area contributed by atoms with Crippen molar-refractivity contribution in [3.63, 3.8) is 0 Å². The predicted octanol–water partition coefficient (Wildman–Crippen LogP) is 0.604. The monoisotopic (exact) mass is 290 g/mol. The third kappa shape index (κ3) is 4.30. The molecule has 1 saturated heterocycles. The Morgan fingerprint density at radius 2 is 1.95 bits per heavy atom. The van der Waals surface area contributed by atoms with Crippen LogP contribution in [0.25, 0.3) is 0 Å².